The highest BCUT2D eigenvalue weighted by molar-refractivity contribution is 5.99. The Kier molecular flexibility index (Phi) is 4.87. The minimum Gasteiger partial charge on any atom is -0.345 e. The molecule has 0 saturated carbocycles. The molecule has 0 radical (unpaired) electrons. The largest absolute Gasteiger partial charge is 0.345 e. The number of amides is 1. The summed E-state index contributed by atoms with van der Waals surface area (Å²) in [6.07, 6.45) is 3.31. The lowest BCUT2D eigenvalue weighted by Gasteiger charge is -2.19. The molecule has 5 rings (SSSR count). The Morgan fingerprint density at radius 3 is 3.04 bits per heavy atom. The van der Waals surface area contributed by atoms with E-state index in [4.69, 9.17) is 4.52 Å². The SMILES string of the molecule is Cc1ncc2c(c1-c1noc(CC3NC(=O)c4ccccc43)n1)CCNC2.Cl. The van der Waals surface area contributed by atoms with Gasteiger partial charge in [0.05, 0.1) is 12.5 Å². The van der Waals surface area contributed by atoms with Crippen molar-refractivity contribution in [2.75, 3.05) is 6.54 Å². The van der Waals surface area contributed by atoms with Gasteiger partial charge in [-0.3, -0.25) is 9.78 Å². The first-order valence-corrected chi connectivity index (χ1v) is 9.11. The average molecular weight is 398 g/mol. The van der Waals surface area contributed by atoms with E-state index in [1.54, 1.807) is 0 Å². The highest BCUT2D eigenvalue weighted by atomic mass is 35.5. The standard InChI is InChI=1S/C20H19N5O2.ClH/c1-11-18(13-6-7-21-9-12(13)10-22-11)19-24-17(27-25-19)8-16-14-4-2-3-5-15(14)20(26)23-16;/h2-5,10,16,21H,6-9H2,1H3,(H,23,26);1H. The van der Waals surface area contributed by atoms with E-state index in [-0.39, 0.29) is 24.4 Å². The maximum Gasteiger partial charge on any atom is 0.252 e. The van der Waals surface area contributed by atoms with Gasteiger partial charge in [-0.1, -0.05) is 23.4 Å². The van der Waals surface area contributed by atoms with E-state index in [2.05, 4.69) is 25.8 Å². The van der Waals surface area contributed by atoms with Crippen molar-refractivity contribution in [2.45, 2.75) is 32.4 Å². The first-order chi connectivity index (χ1) is 13.2. The molecule has 2 N–H and O–H groups in total. The number of hydrogen-bond donors (Lipinski definition) is 2. The summed E-state index contributed by atoms with van der Waals surface area (Å²) in [5.74, 6) is 1.03. The maximum atomic E-state index is 12.1. The van der Waals surface area contributed by atoms with Crippen molar-refractivity contribution < 1.29 is 9.32 Å². The third kappa shape index (κ3) is 3.06. The van der Waals surface area contributed by atoms with Crippen LogP contribution in [-0.2, 0) is 19.4 Å². The fraction of sp³-hybridized carbons (Fsp3) is 0.300. The smallest absolute Gasteiger partial charge is 0.252 e. The van der Waals surface area contributed by atoms with E-state index < -0.39 is 0 Å². The van der Waals surface area contributed by atoms with Gasteiger partial charge < -0.3 is 15.2 Å². The van der Waals surface area contributed by atoms with E-state index in [0.29, 0.717) is 23.7 Å². The topological polar surface area (TPSA) is 92.9 Å². The lowest BCUT2D eigenvalue weighted by atomic mass is 9.95. The zero-order valence-electron chi connectivity index (χ0n) is 15.4. The molecule has 2 aromatic heterocycles. The Bertz CT molecular complexity index is 1050. The quantitative estimate of drug-likeness (QED) is 0.705. The summed E-state index contributed by atoms with van der Waals surface area (Å²) < 4.78 is 5.52. The third-order valence-electron chi connectivity index (χ3n) is 5.29. The van der Waals surface area contributed by atoms with Gasteiger partial charge in [-0.15, -0.1) is 12.4 Å². The first kappa shape index (κ1) is 18.6. The summed E-state index contributed by atoms with van der Waals surface area (Å²) in [6.45, 7) is 3.71. The van der Waals surface area contributed by atoms with Gasteiger partial charge in [-0.2, -0.15) is 4.98 Å². The third-order valence-corrected chi connectivity index (χ3v) is 5.29. The Morgan fingerprint density at radius 2 is 2.14 bits per heavy atom. The molecule has 1 amide bonds. The second-order valence-corrected chi connectivity index (χ2v) is 6.98. The molecule has 1 atom stereocenters. The molecular weight excluding hydrogens is 378 g/mol. The number of benzene rings is 1. The molecule has 0 bridgehead atoms. The highest BCUT2D eigenvalue weighted by Crippen LogP contribution is 2.31. The molecule has 7 nitrogen and oxygen atoms in total. The van der Waals surface area contributed by atoms with Crippen molar-refractivity contribution in [1.82, 2.24) is 25.8 Å². The van der Waals surface area contributed by atoms with Crippen molar-refractivity contribution in [3.63, 3.8) is 0 Å². The van der Waals surface area contributed by atoms with E-state index in [1.165, 1.54) is 11.1 Å². The van der Waals surface area contributed by atoms with Crippen LogP contribution in [0, 0.1) is 6.92 Å². The Labute approximate surface area is 168 Å². The van der Waals surface area contributed by atoms with Crippen LogP contribution in [0.4, 0.5) is 0 Å². The molecule has 8 heteroatoms. The molecule has 0 aliphatic carbocycles. The molecule has 0 saturated heterocycles. The number of aromatic nitrogens is 3. The van der Waals surface area contributed by atoms with Gasteiger partial charge in [0.25, 0.3) is 5.91 Å². The van der Waals surface area contributed by atoms with Gasteiger partial charge in [0.15, 0.2) is 0 Å². The van der Waals surface area contributed by atoms with Crippen molar-refractivity contribution in [3.05, 3.63) is 64.3 Å². The van der Waals surface area contributed by atoms with Crippen LogP contribution in [0.25, 0.3) is 11.4 Å². The number of carbonyl (C=O) groups excluding carboxylic acids is 1. The Morgan fingerprint density at radius 1 is 1.29 bits per heavy atom. The van der Waals surface area contributed by atoms with Gasteiger partial charge in [0, 0.05) is 29.6 Å². The summed E-state index contributed by atoms with van der Waals surface area (Å²) in [6, 6.07) is 7.46. The summed E-state index contributed by atoms with van der Waals surface area (Å²) >= 11 is 0. The van der Waals surface area contributed by atoms with Crippen LogP contribution in [0.1, 0.15) is 44.7 Å². The van der Waals surface area contributed by atoms with Crippen molar-refractivity contribution in [1.29, 1.82) is 0 Å². The summed E-state index contributed by atoms with van der Waals surface area (Å²) in [5, 5.41) is 10.6. The van der Waals surface area contributed by atoms with Crippen LogP contribution < -0.4 is 10.6 Å². The minimum absolute atomic E-state index is 0. The zero-order valence-corrected chi connectivity index (χ0v) is 16.2. The second kappa shape index (κ2) is 7.33. The fourth-order valence-corrected chi connectivity index (χ4v) is 3.96. The molecule has 4 heterocycles. The zero-order chi connectivity index (χ0) is 18.4. The van der Waals surface area contributed by atoms with E-state index in [9.17, 15) is 4.79 Å². The Balaban J connectivity index is 0.00000192. The van der Waals surface area contributed by atoms with Gasteiger partial charge in [0.1, 0.15) is 0 Å². The van der Waals surface area contributed by atoms with Gasteiger partial charge >= 0.3 is 0 Å². The normalized spacial score (nSPS) is 17.5. The van der Waals surface area contributed by atoms with Crippen molar-refractivity contribution >= 4 is 18.3 Å². The van der Waals surface area contributed by atoms with E-state index in [0.717, 1.165) is 36.3 Å². The molecule has 1 aromatic carbocycles. The van der Waals surface area contributed by atoms with Crippen molar-refractivity contribution in [2.24, 2.45) is 0 Å². The number of rotatable bonds is 3. The second-order valence-electron chi connectivity index (χ2n) is 6.98. The van der Waals surface area contributed by atoms with E-state index in [1.807, 2.05) is 37.4 Å². The van der Waals surface area contributed by atoms with Crippen LogP contribution >= 0.6 is 12.4 Å². The lowest BCUT2D eigenvalue weighted by Crippen LogP contribution is -2.24. The number of nitrogens with one attached hydrogen (secondary N) is 2. The van der Waals surface area contributed by atoms with Gasteiger partial charge in [0.2, 0.25) is 11.7 Å². The molecule has 0 spiro atoms. The van der Waals surface area contributed by atoms with Crippen LogP contribution in [-0.4, -0.2) is 27.6 Å². The molecular formula is C20H20ClN5O2. The molecule has 144 valence electrons. The molecule has 2 aliphatic rings. The number of carbonyl (C=O) groups is 1. The molecule has 2 aliphatic heterocycles. The van der Waals surface area contributed by atoms with E-state index >= 15 is 0 Å². The predicted molar refractivity (Wildman–Crippen MR) is 105 cm³/mol. The number of fused-ring (bicyclic) bond motifs is 2. The summed E-state index contributed by atoms with van der Waals surface area (Å²) in [7, 11) is 0. The summed E-state index contributed by atoms with van der Waals surface area (Å²) in [4.78, 5) is 21.2. The van der Waals surface area contributed by atoms with Gasteiger partial charge in [-0.25, -0.2) is 0 Å². The maximum absolute atomic E-state index is 12.1. The molecule has 3 aromatic rings. The fourth-order valence-electron chi connectivity index (χ4n) is 3.96. The van der Waals surface area contributed by atoms with Crippen LogP contribution in [0.15, 0.2) is 35.0 Å². The van der Waals surface area contributed by atoms with Crippen LogP contribution in [0.5, 0.6) is 0 Å². The summed E-state index contributed by atoms with van der Waals surface area (Å²) in [5.41, 5.74) is 6.00. The Hall–Kier alpha value is -2.77. The number of halogens is 1. The molecule has 1 unspecified atom stereocenters. The molecule has 28 heavy (non-hydrogen) atoms. The monoisotopic (exact) mass is 397 g/mol. The van der Waals surface area contributed by atoms with Crippen LogP contribution in [0.3, 0.4) is 0 Å². The first-order valence-electron chi connectivity index (χ1n) is 9.11. The highest BCUT2D eigenvalue weighted by Gasteiger charge is 2.30. The number of pyridine rings is 1. The van der Waals surface area contributed by atoms with Crippen LogP contribution in [0.2, 0.25) is 0 Å². The lowest BCUT2D eigenvalue weighted by molar-refractivity contribution is 0.0955. The average Bonchev–Trinajstić information content (AvgIpc) is 3.27. The minimum atomic E-state index is -0.143. The predicted octanol–water partition coefficient (Wildman–Crippen LogP) is 2.53. The van der Waals surface area contributed by atoms with Crippen molar-refractivity contribution in [3.8, 4) is 11.4 Å². The number of hydrogen-bond acceptors (Lipinski definition) is 6. The number of aryl methyl sites for hydroxylation is 1. The molecule has 0 fully saturated rings. The number of nitrogens with zero attached hydrogens (tertiary/aromatic N) is 3. The van der Waals surface area contributed by atoms with Gasteiger partial charge in [-0.05, 0) is 42.6 Å².